The molecule has 1 fully saturated rings. The van der Waals surface area contributed by atoms with Gasteiger partial charge in [0.05, 0.1) is 0 Å². The lowest BCUT2D eigenvalue weighted by Crippen LogP contribution is -2.37. The highest BCUT2D eigenvalue weighted by Crippen LogP contribution is 2.24. The molecule has 2 heteroatoms. The summed E-state index contributed by atoms with van der Waals surface area (Å²) < 4.78 is 0. The summed E-state index contributed by atoms with van der Waals surface area (Å²) in [6, 6.07) is 0.730. The summed E-state index contributed by atoms with van der Waals surface area (Å²) in [7, 11) is 0. The van der Waals surface area contributed by atoms with Crippen molar-refractivity contribution in [1.82, 2.24) is 5.32 Å². The summed E-state index contributed by atoms with van der Waals surface area (Å²) in [6.45, 7) is 5.38. The van der Waals surface area contributed by atoms with Gasteiger partial charge < -0.3 is 11.1 Å². The van der Waals surface area contributed by atoms with Crippen LogP contribution >= 0.6 is 0 Å². The minimum atomic E-state index is 0.374. The minimum absolute atomic E-state index is 0.374. The van der Waals surface area contributed by atoms with Crippen molar-refractivity contribution in [1.29, 1.82) is 0 Å². The molecular formula is C9H20N2. The van der Waals surface area contributed by atoms with Crippen LogP contribution in [-0.4, -0.2) is 18.1 Å². The second kappa shape index (κ2) is 3.55. The van der Waals surface area contributed by atoms with Crippen molar-refractivity contribution < 1.29 is 0 Å². The van der Waals surface area contributed by atoms with Gasteiger partial charge in [-0.2, -0.15) is 0 Å². The predicted molar refractivity (Wildman–Crippen MR) is 48.5 cm³/mol. The Morgan fingerprint density at radius 3 is 2.73 bits per heavy atom. The Morgan fingerprint density at radius 1 is 1.55 bits per heavy atom. The molecule has 0 aliphatic carbocycles. The average molecular weight is 156 g/mol. The van der Waals surface area contributed by atoms with Gasteiger partial charge in [0.25, 0.3) is 0 Å². The van der Waals surface area contributed by atoms with Gasteiger partial charge in [0.15, 0.2) is 0 Å². The zero-order valence-electron chi connectivity index (χ0n) is 7.69. The smallest absolute Gasteiger partial charge is 0.0128 e. The monoisotopic (exact) mass is 156 g/mol. The fourth-order valence-corrected chi connectivity index (χ4v) is 1.81. The van der Waals surface area contributed by atoms with E-state index in [0.717, 1.165) is 19.0 Å². The van der Waals surface area contributed by atoms with Gasteiger partial charge in [-0.25, -0.2) is 0 Å². The molecule has 0 radical (unpaired) electrons. The molecule has 1 heterocycles. The molecule has 1 unspecified atom stereocenters. The van der Waals surface area contributed by atoms with Crippen LogP contribution in [0.5, 0.6) is 0 Å². The molecule has 0 aromatic heterocycles. The third-order valence-corrected chi connectivity index (χ3v) is 2.47. The van der Waals surface area contributed by atoms with Crippen molar-refractivity contribution in [3.05, 3.63) is 0 Å². The number of nitrogens with two attached hydrogens (primary N) is 1. The molecule has 11 heavy (non-hydrogen) atoms. The van der Waals surface area contributed by atoms with Gasteiger partial charge in [0, 0.05) is 11.6 Å². The highest BCUT2D eigenvalue weighted by Gasteiger charge is 2.28. The Morgan fingerprint density at radius 2 is 2.27 bits per heavy atom. The highest BCUT2D eigenvalue weighted by atomic mass is 15.0. The van der Waals surface area contributed by atoms with E-state index >= 15 is 0 Å². The van der Waals surface area contributed by atoms with Crippen LogP contribution in [0.2, 0.25) is 0 Å². The first-order chi connectivity index (χ1) is 5.14. The molecule has 1 atom stereocenters. The number of nitrogens with one attached hydrogen (secondary N) is 1. The SMILES string of the molecule is CC1(C)CCC(CCCN)N1. The zero-order valence-corrected chi connectivity index (χ0v) is 7.69. The maximum absolute atomic E-state index is 5.45. The second-order valence-electron chi connectivity index (χ2n) is 4.19. The van der Waals surface area contributed by atoms with E-state index in [1.807, 2.05) is 0 Å². The van der Waals surface area contributed by atoms with Crippen LogP contribution in [0.25, 0.3) is 0 Å². The van der Waals surface area contributed by atoms with Crippen LogP contribution in [0.1, 0.15) is 39.5 Å². The normalized spacial score (nSPS) is 29.2. The van der Waals surface area contributed by atoms with E-state index in [1.165, 1.54) is 19.3 Å². The molecule has 1 saturated heterocycles. The minimum Gasteiger partial charge on any atom is -0.330 e. The van der Waals surface area contributed by atoms with Gasteiger partial charge >= 0.3 is 0 Å². The van der Waals surface area contributed by atoms with Crippen LogP contribution in [0, 0.1) is 0 Å². The van der Waals surface area contributed by atoms with Crippen molar-refractivity contribution in [2.45, 2.75) is 51.1 Å². The molecule has 1 rings (SSSR count). The lowest BCUT2D eigenvalue weighted by molar-refractivity contribution is 0.415. The zero-order chi connectivity index (χ0) is 8.32. The summed E-state index contributed by atoms with van der Waals surface area (Å²) in [5, 5.41) is 3.61. The standard InChI is InChI=1S/C9H20N2/c1-9(2)6-5-8(11-9)4-3-7-10/h8,11H,3-7,10H2,1-2H3. The topological polar surface area (TPSA) is 38.0 Å². The first-order valence-electron chi connectivity index (χ1n) is 4.62. The summed E-state index contributed by atoms with van der Waals surface area (Å²) in [5.41, 5.74) is 5.82. The van der Waals surface area contributed by atoms with Crippen LogP contribution in [-0.2, 0) is 0 Å². The highest BCUT2D eigenvalue weighted by molar-refractivity contribution is 4.90. The molecule has 0 aromatic rings. The predicted octanol–water partition coefficient (Wildman–Crippen LogP) is 1.26. The molecule has 0 spiro atoms. The first kappa shape index (κ1) is 9.01. The van der Waals surface area contributed by atoms with Crippen molar-refractivity contribution in [2.24, 2.45) is 5.73 Å². The fourth-order valence-electron chi connectivity index (χ4n) is 1.81. The van der Waals surface area contributed by atoms with Gasteiger partial charge in [-0.3, -0.25) is 0 Å². The van der Waals surface area contributed by atoms with Gasteiger partial charge in [0.2, 0.25) is 0 Å². The third kappa shape index (κ3) is 2.80. The molecule has 2 nitrogen and oxygen atoms in total. The Hall–Kier alpha value is -0.0800. The Balaban J connectivity index is 2.20. The van der Waals surface area contributed by atoms with Crippen molar-refractivity contribution in [2.75, 3.05) is 6.54 Å². The lowest BCUT2D eigenvalue weighted by atomic mass is 10.0. The van der Waals surface area contributed by atoms with Crippen molar-refractivity contribution >= 4 is 0 Å². The van der Waals surface area contributed by atoms with Crippen LogP contribution in [0.4, 0.5) is 0 Å². The molecule has 0 aromatic carbocycles. The van der Waals surface area contributed by atoms with E-state index in [1.54, 1.807) is 0 Å². The Kier molecular flexibility index (Phi) is 2.90. The molecule has 3 N–H and O–H groups in total. The molecular weight excluding hydrogens is 136 g/mol. The number of rotatable bonds is 3. The van der Waals surface area contributed by atoms with Crippen LogP contribution in [0.15, 0.2) is 0 Å². The van der Waals surface area contributed by atoms with Crippen LogP contribution < -0.4 is 11.1 Å². The van der Waals surface area contributed by atoms with Crippen molar-refractivity contribution in [3.63, 3.8) is 0 Å². The summed E-state index contributed by atoms with van der Waals surface area (Å²) in [6.07, 6.45) is 5.04. The number of hydrogen-bond acceptors (Lipinski definition) is 2. The summed E-state index contributed by atoms with van der Waals surface area (Å²) in [4.78, 5) is 0. The van der Waals surface area contributed by atoms with Crippen LogP contribution in [0.3, 0.4) is 0 Å². The lowest BCUT2D eigenvalue weighted by Gasteiger charge is -2.19. The van der Waals surface area contributed by atoms with Gasteiger partial charge in [-0.1, -0.05) is 0 Å². The molecule has 0 bridgehead atoms. The second-order valence-corrected chi connectivity index (χ2v) is 4.19. The quantitative estimate of drug-likeness (QED) is 0.645. The van der Waals surface area contributed by atoms with E-state index in [-0.39, 0.29) is 0 Å². The van der Waals surface area contributed by atoms with E-state index in [9.17, 15) is 0 Å². The molecule has 1 aliphatic rings. The number of hydrogen-bond donors (Lipinski definition) is 2. The molecule has 0 saturated carbocycles. The fraction of sp³-hybridized carbons (Fsp3) is 1.00. The summed E-state index contributed by atoms with van der Waals surface area (Å²) >= 11 is 0. The largest absolute Gasteiger partial charge is 0.330 e. The Bertz CT molecular complexity index is 121. The summed E-state index contributed by atoms with van der Waals surface area (Å²) in [5.74, 6) is 0. The van der Waals surface area contributed by atoms with E-state index in [2.05, 4.69) is 19.2 Å². The van der Waals surface area contributed by atoms with E-state index in [4.69, 9.17) is 5.73 Å². The van der Waals surface area contributed by atoms with Gasteiger partial charge in [0.1, 0.15) is 0 Å². The maximum Gasteiger partial charge on any atom is 0.0128 e. The van der Waals surface area contributed by atoms with Gasteiger partial charge in [-0.05, 0) is 46.1 Å². The maximum atomic E-state index is 5.45. The molecule has 1 aliphatic heterocycles. The van der Waals surface area contributed by atoms with Gasteiger partial charge in [-0.15, -0.1) is 0 Å². The molecule has 66 valence electrons. The van der Waals surface area contributed by atoms with E-state index < -0.39 is 0 Å². The first-order valence-corrected chi connectivity index (χ1v) is 4.62. The third-order valence-electron chi connectivity index (χ3n) is 2.47. The van der Waals surface area contributed by atoms with Crippen molar-refractivity contribution in [3.8, 4) is 0 Å². The van der Waals surface area contributed by atoms with E-state index in [0.29, 0.717) is 5.54 Å². The average Bonchev–Trinajstić information content (AvgIpc) is 2.26. The Labute approximate surface area is 69.5 Å². The molecule has 0 amide bonds.